The zero-order valence-electron chi connectivity index (χ0n) is 18.1. The molecular weight excluding hydrogens is 364 g/mol. The molecule has 158 valence electrons. The first kappa shape index (κ1) is 20.2. The minimum absolute atomic E-state index is 0.116. The van der Waals surface area contributed by atoms with Crippen molar-refractivity contribution in [1.82, 2.24) is 9.80 Å². The predicted molar refractivity (Wildman–Crippen MR) is 116 cm³/mol. The number of hydrogen-bond donors (Lipinski definition) is 0. The topological polar surface area (TPSA) is 47.1 Å². The van der Waals surface area contributed by atoms with Crippen LogP contribution in [0.3, 0.4) is 0 Å². The van der Waals surface area contributed by atoms with Crippen LogP contribution in [0.25, 0.3) is 0 Å². The molecule has 0 atom stereocenters. The molecule has 6 nitrogen and oxygen atoms in total. The summed E-state index contributed by atoms with van der Waals surface area (Å²) in [7, 11) is 0. The minimum atomic E-state index is 0.116. The zero-order chi connectivity index (χ0) is 20.5. The lowest BCUT2D eigenvalue weighted by atomic mass is 9.94. The molecule has 3 aliphatic heterocycles. The number of piperazine rings is 1. The molecule has 0 unspecified atom stereocenters. The summed E-state index contributed by atoms with van der Waals surface area (Å²) in [5, 5.41) is 0. The third kappa shape index (κ3) is 4.13. The molecule has 2 amide bonds. The van der Waals surface area contributed by atoms with Gasteiger partial charge in [-0.25, -0.2) is 0 Å². The van der Waals surface area contributed by atoms with Gasteiger partial charge < -0.3 is 14.7 Å². The van der Waals surface area contributed by atoms with Crippen LogP contribution in [0.5, 0.6) is 0 Å². The fourth-order valence-electron chi connectivity index (χ4n) is 5.01. The second-order valence-electron chi connectivity index (χ2n) is 8.95. The van der Waals surface area contributed by atoms with Gasteiger partial charge in [-0.05, 0) is 56.9 Å². The van der Waals surface area contributed by atoms with E-state index in [-0.39, 0.29) is 11.8 Å². The highest BCUT2D eigenvalue weighted by Crippen LogP contribution is 2.33. The summed E-state index contributed by atoms with van der Waals surface area (Å²) in [6.07, 6.45) is 2.79. The van der Waals surface area contributed by atoms with Crippen molar-refractivity contribution in [2.24, 2.45) is 5.92 Å². The van der Waals surface area contributed by atoms with E-state index in [2.05, 4.69) is 46.7 Å². The van der Waals surface area contributed by atoms with Gasteiger partial charge in [0.25, 0.3) is 0 Å². The van der Waals surface area contributed by atoms with Gasteiger partial charge >= 0.3 is 0 Å². The lowest BCUT2D eigenvalue weighted by molar-refractivity contribution is -0.138. The highest BCUT2D eigenvalue weighted by Gasteiger charge is 2.31. The Morgan fingerprint density at radius 2 is 1.66 bits per heavy atom. The molecule has 3 aliphatic rings. The van der Waals surface area contributed by atoms with Crippen LogP contribution in [0.2, 0.25) is 0 Å². The van der Waals surface area contributed by atoms with Crippen LogP contribution >= 0.6 is 0 Å². The van der Waals surface area contributed by atoms with Crippen molar-refractivity contribution in [3.63, 3.8) is 0 Å². The van der Waals surface area contributed by atoms with Gasteiger partial charge in [0, 0.05) is 76.1 Å². The number of rotatable bonds is 3. The van der Waals surface area contributed by atoms with Crippen molar-refractivity contribution in [2.75, 3.05) is 55.6 Å². The van der Waals surface area contributed by atoms with E-state index in [1.165, 1.54) is 11.3 Å². The number of fused-ring (bicyclic) bond motifs is 1. The van der Waals surface area contributed by atoms with Gasteiger partial charge in [-0.2, -0.15) is 0 Å². The van der Waals surface area contributed by atoms with E-state index in [9.17, 15) is 9.59 Å². The summed E-state index contributed by atoms with van der Waals surface area (Å²) < 4.78 is 0. The van der Waals surface area contributed by atoms with E-state index >= 15 is 0 Å². The van der Waals surface area contributed by atoms with Crippen molar-refractivity contribution in [3.05, 3.63) is 23.8 Å². The second kappa shape index (κ2) is 8.34. The Morgan fingerprint density at radius 1 is 0.966 bits per heavy atom. The molecule has 6 heteroatoms. The maximum Gasteiger partial charge on any atom is 0.225 e. The van der Waals surface area contributed by atoms with E-state index in [0.29, 0.717) is 11.9 Å². The molecule has 29 heavy (non-hydrogen) atoms. The Bertz CT molecular complexity index is 762. The molecule has 0 aliphatic carbocycles. The molecule has 0 bridgehead atoms. The van der Waals surface area contributed by atoms with Crippen LogP contribution in [0.1, 0.15) is 39.2 Å². The average molecular weight is 399 g/mol. The Hall–Kier alpha value is -2.08. The lowest BCUT2D eigenvalue weighted by Crippen LogP contribution is -2.53. The predicted octanol–water partition coefficient (Wildman–Crippen LogP) is 2.36. The van der Waals surface area contributed by atoms with Crippen molar-refractivity contribution in [3.8, 4) is 0 Å². The first-order chi connectivity index (χ1) is 13.9. The third-order valence-electron chi connectivity index (χ3n) is 6.90. The van der Waals surface area contributed by atoms with Gasteiger partial charge in [0.1, 0.15) is 0 Å². The number of nitrogens with zero attached hydrogens (tertiary/aromatic N) is 4. The lowest BCUT2D eigenvalue weighted by Gasteiger charge is -2.40. The highest BCUT2D eigenvalue weighted by atomic mass is 16.2. The minimum Gasteiger partial charge on any atom is -0.371 e. The number of carbonyl (C=O) groups is 2. The van der Waals surface area contributed by atoms with Crippen molar-refractivity contribution < 1.29 is 9.59 Å². The quantitative estimate of drug-likeness (QED) is 0.784. The van der Waals surface area contributed by atoms with Gasteiger partial charge in [-0.15, -0.1) is 0 Å². The van der Waals surface area contributed by atoms with Gasteiger partial charge in [0.2, 0.25) is 11.8 Å². The third-order valence-corrected chi connectivity index (χ3v) is 6.90. The molecule has 1 aromatic rings. The van der Waals surface area contributed by atoms with Gasteiger partial charge in [0.05, 0.1) is 0 Å². The maximum atomic E-state index is 13.0. The number of anilines is 2. The first-order valence-corrected chi connectivity index (χ1v) is 11.1. The SMILES string of the molecule is CC(=O)N1CCc2cc(N3CCC(C(=O)N4CCN(C(C)C)CC4)CC3)ccc21. The van der Waals surface area contributed by atoms with Crippen LogP contribution < -0.4 is 9.80 Å². The Labute approximate surface area is 174 Å². The van der Waals surface area contributed by atoms with Crippen molar-refractivity contribution in [2.45, 2.75) is 46.1 Å². The van der Waals surface area contributed by atoms with Crippen LogP contribution in [0.4, 0.5) is 11.4 Å². The molecule has 1 aromatic carbocycles. The monoisotopic (exact) mass is 398 g/mol. The Kier molecular flexibility index (Phi) is 5.81. The van der Waals surface area contributed by atoms with Gasteiger partial charge in [0.15, 0.2) is 0 Å². The normalized spacial score (nSPS) is 21.0. The zero-order valence-corrected chi connectivity index (χ0v) is 18.1. The van der Waals surface area contributed by atoms with E-state index in [0.717, 1.165) is 70.8 Å². The molecule has 3 heterocycles. The number of piperidine rings is 1. The summed E-state index contributed by atoms with van der Waals surface area (Å²) in [5.41, 5.74) is 3.55. The highest BCUT2D eigenvalue weighted by molar-refractivity contribution is 5.94. The smallest absolute Gasteiger partial charge is 0.225 e. The molecule has 0 aromatic heterocycles. The van der Waals surface area contributed by atoms with Crippen LogP contribution in [-0.4, -0.2) is 73.5 Å². The fourth-order valence-corrected chi connectivity index (χ4v) is 5.01. The standard InChI is InChI=1S/C23H34N4O2/c1-17(2)24-12-14-26(15-13-24)23(29)19-6-9-25(10-7-19)21-4-5-22-20(16-21)8-11-27(22)18(3)28/h4-5,16-17,19H,6-15H2,1-3H3. The number of amides is 2. The Balaban J connectivity index is 1.32. The number of hydrogen-bond acceptors (Lipinski definition) is 4. The number of carbonyl (C=O) groups excluding carboxylic acids is 2. The van der Waals surface area contributed by atoms with Crippen LogP contribution in [0, 0.1) is 5.92 Å². The van der Waals surface area contributed by atoms with E-state index in [1.54, 1.807) is 6.92 Å². The molecule has 0 radical (unpaired) electrons. The van der Waals surface area contributed by atoms with Crippen molar-refractivity contribution in [1.29, 1.82) is 0 Å². The van der Waals surface area contributed by atoms with Crippen LogP contribution in [-0.2, 0) is 16.0 Å². The molecular formula is C23H34N4O2. The molecule has 2 fully saturated rings. The van der Waals surface area contributed by atoms with Crippen molar-refractivity contribution >= 4 is 23.2 Å². The molecule has 0 saturated carbocycles. The molecule has 2 saturated heterocycles. The summed E-state index contributed by atoms with van der Waals surface area (Å²) in [5.74, 6) is 0.642. The van der Waals surface area contributed by atoms with Crippen LogP contribution in [0.15, 0.2) is 18.2 Å². The average Bonchev–Trinajstić information content (AvgIpc) is 3.17. The van der Waals surface area contributed by atoms with E-state index in [4.69, 9.17) is 0 Å². The summed E-state index contributed by atoms with van der Waals surface area (Å²) >= 11 is 0. The summed E-state index contributed by atoms with van der Waals surface area (Å²) in [6, 6.07) is 7.02. The fraction of sp³-hybridized carbons (Fsp3) is 0.652. The first-order valence-electron chi connectivity index (χ1n) is 11.1. The molecule has 0 spiro atoms. The van der Waals surface area contributed by atoms with Gasteiger partial charge in [-0.3, -0.25) is 14.5 Å². The number of benzene rings is 1. The molecule has 0 N–H and O–H groups in total. The van der Waals surface area contributed by atoms with Gasteiger partial charge in [-0.1, -0.05) is 0 Å². The second-order valence-corrected chi connectivity index (χ2v) is 8.95. The molecule has 4 rings (SSSR count). The van der Waals surface area contributed by atoms with E-state index in [1.807, 2.05) is 4.90 Å². The maximum absolute atomic E-state index is 13.0. The largest absolute Gasteiger partial charge is 0.371 e. The summed E-state index contributed by atoms with van der Waals surface area (Å²) in [6.45, 7) is 12.5. The summed E-state index contributed by atoms with van der Waals surface area (Å²) in [4.78, 5) is 33.5. The Morgan fingerprint density at radius 3 is 2.28 bits per heavy atom. The van der Waals surface area contributed by atoms with E-state index < -0.39 is 0 Å².